The number of hydrogen-bond donors (Lipinski definition) is 2. The molecule has 0 spiro atoms. The van der Waals surface area contributed by atoms with Crippen molar-refractivity contribution in [3.63, 3.8) is 0 Å². The van der Waals surface area contributed by atoms with E-state index in [9.17, 15) is 0 Å². The molecule has 6 heteroatoms. The molecule has 1 aliphatic heterocycles. The van der Waals surface area contributed by atoms with Gasteiger partial charge >= 0.3 is 0 Å². The molecule has 2 aromatic heterocycles. The SMILES string of the molecule is Cc1ccc2c(-c3cn(-c4ccc(C5CCNCC5)cc4)nn3)n[nH]c2c1. The zero-order valence-corrected chi connectivity index (χ0v) is 15.3. The van der Waals surface area contributed by atoms with Gasteiger partial charge in [0.1, 0.15) is 11.4 Å². The van der Waals surface area contributed by atoms with E-state index in [0.717, 1.165) is 41.1 Å². The summed E-state index contributed by atoms with van der Waals surface area (Å²) in [5.74, 6) is 0.658. The highest BCUT2D eigenvalue weighted by molar-refractivity contribution is 5.92. The Kier molecular flexibility index (Phi) is 3.98. The molecule has 6 nitrogen and oxygen atoms in total. The smallest absolute Gasteiger partial charge is 0.134 e. The largest absolute Gasteiger partial charge is 0.317 e. The summed E-state index contributed by atoms with van der Waals surface area (Å²) < 4.78 is 1.82. The second-order valence-corrected chi connectivity index (χ2v) is 7.29. The summed E-state index contributed by atoms with van der Waals surface area (Å²) >= 11 is 0. The number of aromatic amines is 1. The van der Waals surface area contributed by atoms with Crippen LogP contribution in [0.25, 0.3) is 28.0 Å². The Labute approximate surface area is 157 Å². The molecule has 0 amide bonds. The second kappa shape index (κ2) is 6.63. The molecule has 0 aliphatic carbocycles. The van der Waals surface area contributed by atoms with Crippen LogP contribution in [0.1, 0.15) is 29.9 Å². The lowest BCUT2D eigenvalue weighted by molar-refractivity contribution is 0.460. The average Bonchev–Trinajstić information content (AvgIpc) is 3.35. The molecule has 3 heterocycles. The first-order chi connectivity index (χ1) is 13.3. The van der Waals surface area contributed by atoms with Gasteiger partial charge in [0.25, 0.3) is 0 Å². The van der Waals surface area contributed by atoms with E-state index in [-0.39, 0.29) is 0 Å². The number of nitrogens with one attached hydrogen (secondary N) is 2. The van der Waals surface area contributed by atoms with E-state index in [4.69, 9.17) is 0 Å². The second-order valence-electron chi connectivity index (χ2n) is 7.29. The van der Waals surface area contributed by atoms with Crippen molar-refractivity contribution >= 4 is 10.9 Å². The van der Waals surface area contributed by atoms with Gasteiger partial charge in [0, 0.05) is 5.39 Å². The van der Waals surface area contributed by atoms with Crippen LogP contribution in [0, 0.1) is 6.92 Å². The molecule has 2 N–H and O–H groups in total. The molecule has 0 bridgehead atoms. The van der Waals surface area contributed by atoms with E-state index in [1.54, 1.807) is 0 Å². The summed E-state index contributed by atoms with van der Waals surface area (Å²) in [6.07, 6.45) is 4.35. The van der Waals surface area contributed by atoms with Gasteiger partial charge in [-0.15, -0.1) is 5.10 Å². The lowest BCUT2D eigenvalue weighted by atomic mass is 9.90. The minimum absolute atomic E-state index is 0.658. The van der Waals surface area contributed by atoms with Gasteiger partial charge in [0.2, 0.25) is 0 Å². The minimum atomic E-state index is 0.658. The molecule has 1 saturated heterocycles. The fraction of sp³-hybridized carbons (Fsp3) is 0.286. The van der Waals surface area contributed by atoms with Crippen LogP contribution >= 0.6 is 0 Å². The number of H-pyrrole nitrogens is 1. The summed E-state index contributed by atoms with van der Waals surface area (Å²) in [5.41, 5.74) is 6.26. The van der Waals surface area contributed by atoms with Crippen molar-refractivity contribution in [2.45, 2.75) is 25.7 Å². The van der Waals surface area contributed by atoms with E-state index in [1.807, 2.05) is 10.9 Å². The Morgan fingerprint density at radius 2 is 1.85 bits per heavy atom. The normalized spacial score (nSPS) is 15.4. The third kappa shape index (κ3) is 3.02. The van der Waals surface area contributed by atoms with Gasteiger partial charge in [-0.2, -0.15) is 5.10 Å². The lowest BCUT2D eigenvalue weighted by Crippen LogP contribution is -2.26. The number of hydrogen-bond acceptors (Lipinski definition) is 4. The molecule has 0 radical (unpaired) electrons. The molecule has 27 heavy (non-hydrogen) atoms. The van der Waals surface area contributed by atoms with Crippen LogP contribution in [0.15, 0.2) is 48.7 Å². The molecule has 1 aliphatic rings. The number of rotatable bonds is 3. The highest BCUT2D eigenvalue weighted by Gasteiger charge is 2.16. The van der Waals surface area contributed by atoms with Crippen molar-refractivity contribution in [2.24, 2.45) is 0 Å². The van der Waals surface area contributed by atoms with Gasteiger partial charge in [-0.05, 0) is 68.1 Å². The van der Waals surface area contributed by atoms with Crippen molar-refractivity contribution in [3.05, 3.63) is 59.8 Å². The van der Waals surface area contributed by atoms with Crippen LogP contribution in [-0.2, 0) is 0 Å². The molecule has 2 aromatic carbocycles. The zero-order chi connectivity index (χ0) is 18.2. The Hall–Kier alpha value is -2.99. The van der Waals surface area contributed by atoms with Crippen LogP contribution in [-0.4, -0.2) is 38.3 Å². The first-order valence-corrected chi connectivity index (χ1v) is 9.46. The summed E-state index contributed by atoms with van der Waals surface area (Å²) in [6.45, 7) is 4.29. The fourth-order valence-corrected chi connectivity index (χ4v) is 3.88. The van der Waals surface area contributed by atoms with E-state index in [1.165, 1.54) is 24.0 Å². The molecule has 0 atom stereocenters. The maximum Gasteiger partial charge on any atom is 0.134 e. The summed E-state index contributed by atoms with van der Waals surface area (Å²) in [7, 11) is 0. The molecule has 4 aromatic rings. The number of nitrogens with zero attached hydrogens (tertiary/aromatic N) is 4. The van der Waals surface area contributed by atoms with Gasteiger partial charge in [-0.3, -0.25) is 5.10 Å². The number of aryl methyl sites for hydroxylation is 1. The number of benzene rings is 2. The summed E-state index contributed by atoms with van der Waals surface area (Å²) in [6, 6.07) is 15.0. The van der Waals surface area contributed by atoms with Crippen LogP contribution in [0.4, 0.5) is 0 Å². The zero-order valence-electron chi connectivity index (χ0n) is 15.3. The third-order valence-electron chi connectivity index (χ3n) is 5.42. The quantitative estimate of drug-likeness (QED) is 0.587. The highest BCUT2D eigenvalue weighted by atomic mass is 15.4. The van der Waals surface area contributed by atoms with Crippen molar-refractivity contribution in [1.29, 1.82) is 0 Å². The molecule has 0 unspecified atom stereocenters. The minimum Gasteiger partial charge on any atom is -0.317 e. The van der Waals surface area contributed by atoms with Crippen molar-refractivity contribution in [2.75, 3.05) is 13.1 Å². The highest BCUT2D eigenvalue weighted by Crippen LogP contribution is 2.27. The van der Waals surface area contributed by atoms with Gasteiger partial charge in [0.05, 0.1) is 17.4 Å². The maximum absolute atomic E-state index is 4.44. The van der Waals surface area contributed by atoms with Gasteiger partial charge in [-0.1, -0.05) is 29.5 Å². The van der Waals surface area contributed by atoms with Gasteiger partial charge in [0.15, 0.2) is 0 Å². The predicted molar refractivity (Wildman–Crippen MR) is 106 cm³/mol. The summed E-state index contributed by atoms with van der Waals surface area (Å²) in [4.78, 5) is 0. The van der Waals surface area contributed by atoms with E-state index < -0.39 is 0 Å². The van der Waals surface area contributed by atoms with E-state index in [0.29, 0.717) is 5.92 Å². The van der Waals surface area contributed by atoms with Crippen LogP contribution in [0.3, 0.4) is 0 Å². The van der Waals surface area contributed by atoms with E-state index >= 15 is 0 Å². The Morgan fingerprint density at radius 3 is 2.67 bits per heavy atom. The Bertz CT molecular complexity index is 1070. The lowest BCUT2D eigenvalue weighted by Gasteiger charge is -2.23. The molecule has 1 fully saturated rings. The van der Waals surface area contributed by atoms with Crippen molar-refractivity contribution < 1.29 is 0 Å². The average molecular weight is 358 g/mol. The molecular weight excluding hydrogens is 336 g/mol. The molecular formula is C21H22N6. The number of fused-ring (bicyclic) bond motifs is 1. The Morgan fingerprint density at radius 1 is 1.04 bits per heavy atom. The van der Waals surface area contributed by atoms with Crippen LogP contribution in [0.2, 0.25) is 0 Å². The predicted octanol–water partition coefficient (Wildman–Crippen LogP) is 3.59. The van der Waals surface area contributed by atoms with Crippen molar-refractivity contribution in [1.82, 2.24) is 30.5 Å². The Balaban J connectivity index is 1.43. The van der Waals surface area contributed by atoms with Gasteiger partial charge in [-0.25, -0.2) is 4.68 Å². The third-order valence-corrected chi connectivity index (χ3v) is 5.42. The standard InChI is InChI=1S/C21H22N6/c1-14-2-7-18-19(12-14)23-25-21(18)20-13-27(26-24-20)17-5-3-15(4-6-17)16-8-10-22-11-9-16/h2-7,12-13,16,22H,8-11H2,1H3,(H,23,25). The van der Waals surface area contributed by atoms with Crippen LogP contribution < -0.4 is 5.32 Å². The van der Waals surface area contributed by atoms with Gasteiger partial charge < -0.3 is 5.32 Å². The summed E-state index contributed by atoms with van der Waals surface area (Å²) in [5, 5.41) is 20.7. The molecule has 0 saturated carbocycles. The van der Waals surface area contributed by atoms with E-state index in [2.05, 4.69) is 75.2 Å². The molecule has 5 rings (SSSR count). The number of aromatic nitrogens is 5. The fourth-order valence-electron chi connectivity index (χ4n) is 3.88. The number of piperidine rings is 1. The maximum atomic E-state index is 4.44. The topological polar surface area (TPSA) is 71.4 Å². The first-order valence-electron chi connectivity index (χ1n) is 9.46. The van der Waals surface area contributed by atoms with Crippen LogP contribution in [0.5, 0.6) is 0 Å². The first kappa shape index (κ1) is 16.2. The molecule has 136 valence electrons. The van der Waals surface area contributed by atoms with Crippen molar-refractivity contribution in [3.8, 4) is 17.1 Å². The monoisotopic (exact) mass is 358 g/mol.